The quantitative estimate of drug-likeness (QED) is 0.719. The van der Waals surface area contributed by atoms with Gasteiger partial charge in [-0.3, -0.25) is 4.79 Å². The largest absolute Gasteiger partial charge is 0.497 e. The van der Waals surface area contributed by atoms with Gasteiger partial charge in [-0.2, -0.15) is 4.52 Å². The van der Waals surface area contributed by atoms with Crippen molar-refractivity contribution < 1.29 is 9.47 Å². The van der Waals surface area contributed by atoms with Crippen LogP contribution in [0.15, 0.2) is 35.3 Å². The normalized spacial score (nSPS) is 15.1. The van der Waals surface area contributed by atoms with Crippen LogP contribution < -0.4 is 25.2 Å². The third kappa shape index (κ3) is 3.68. The van der Waals surface area contributed by atoms with Gasteiger partial charge in [-0.25, -0.2) is 4.98 Å². The molecule has 3 heterocycles. The summed E-state index contributed by atoms with van der Waals surface area (Å²) in [5.41, 5.74) is 0.839. The zero-order valence-corrected chi connectivity index (χ0v) is 16.0. The summed E-state index contributed by atoms with van der Waals surface area (Å²) in [6.07, 6.45) is 3.47. The van der Waals surface area contributed by atoms with Crippen molar-refractivity contribution in [3.8, 4) is 11.5 Å². The number of methoxy groups -OCH3 is 2. The first-order valence-corrected chi connectivity index (χ1v) is 9.57. The van der Waals surface area contributed by atoms with Gasteiger partial charge in [0.1, 0.15) is 11.5 Å². The average Bonchev–Trinajstić information content (AvgIpc) is 3.14. The van der Waals surface area contributed by atoms with E-state index in [4.69, 9.17) is 9.47 Å². The van der Waals surface area contributed by atoms with Gasteiger partial charge < -0.3 is 19.7 Å². The van der Waals surface area contributed by atoms with Crippen LogP contribution in [0.4, 0.5) is 10.8 Å². The van der Waals surface area contributed by atoms with Crippen molar-refractivity contribution >= 4 is 27.1 Å². The third-order valence-electron chi connectivity index (χ3n) is 4.65. The lowest BCUT2D eigenvalue weighted by Crippen LogP contribution is -2.39. The summed E-state index contributed by atoms with van der Waals surface area (Å²) >= 11 is 1.45. The molecule has 2 aromatic heterocycles. The van der Waals surface area contributed by atoms with E-state index in [0.29, 0.717) is 11.0 Å². The molecule has 0 spiro atoms. The van der Waals surface area contributed by atoms with Crippen LogP contribution in [0.25, 0.3) is 4.96 Å². The van der Waals surface area contributed by atoms with E-state index < -0.39 is 0 Å². The van der Waals surface area contributed by atoms with E-state index >= 15 is 0 Å². The molecule has 1 saturated heterocycles. The lowest BCUT2D eigenvalue weighted by molar-refractivity contribution is 0.394. The van der Waals surface area contributed by atoms with Crippen molar-refractivity contribution in [2.24, 2.45) is 0 Å². The summed E-state index contributed by atoms with van der Waals surface area (Å²) in [6.45, 7) is 1.74. The fourth-order valence-electron chi connectivity index (χ4n) is 3.20. The van der Waals surface area contributed by atoms with Crippen LogP contribution in [-0.2, 0) is 0 Å². The van der Waals surface area contributed by atoms with E-state index in [1.165, 1.54) is 28.1 Å². The molecule has 0 bridgehead atoms. The Morgan fingerprint density at radius 2 is 1.85 bits per heavy atom. The molecule has 1 aromatic carbocycles. The summed E-state index contributed by atoms with van der Waals surface area (Å²) < 4.78 is 12.0. The Kier molecular flexibility index (Phi) is 4.85. The Bertz CT molecular complexity index is 972. The molecule has 0 aliphatic carbocycles. The minimum atomic E-state index is -0.147. The molecule has 27 heavy (non-hydrogen) atoms. The van der Waals surface area contributed by atoms with Gasteiger partial charge in [0.2, 0.25) is 10.1 Å². The van der Waals surface area contributed by atoms with Crippen molar-refractivity contribution in [3.63, 3.8) is 0 Å². The van der Waals surface area contributed by atoms with E-state index in [0.717, 1.165) is 48.2 Å². The molecular formula is C18H21N5O3S. The second-order valence-corrected chi connectivity index (χ2v) is 7.30. The van der Waals surface area contributed by atoms with Gasteiger partial charge in [0.15, 0.2) is 0 Å². The molecule has 0 radical (unpaired) electrons. The molecule has 3 aromatic rings. The predicted octanol–water partition coefficient (Wildman–Crippen LogP) is 2.25. The Hall–Kier alpha value is -2.81. The zero-order valence-electron chi connectivity index (χ0n) is 15.2. The van der Waals surface area contributed by atoms with Crippen molar-refractivity contribution in [1.29, 1.82) is 0 Å². The molecule has 1 aliphatic heterocycles. The van der Waals surface area contributed by atoms with Crippen molar-refractivity contribution in [1.82, 2.24) is 14.6 Å². The topological polar surface area (TPSA) is 81.0 Å². The van der Waals surface area contributed by atoms with E-state index in [-0.39, 0.29) is 5.56 Å². The smallest absolute Gasteiger partial charge is 0.275 e. The van der Waals surface area contributed by atoms with E-state index in [2.05, 4.69) is 20.3 Å². The Labute approximate surface area is 160 Å². The summed E-state index contributed by atoms with van der Waals surface area (Å²) in [5.74, 6) is 1.53. The number of piperidine rings is 1. The molecule has 0 saturated carbocycles. The highest BCUT2D eigenvalue weighted by atomic mass is 32.1. The Morgan fingerprint density at radius 3 is 2.48 bits per heavy atom. The highest BCUT2D eigenvalue weighted by molar-refractivity contribution is 7.20. The van der Waals surface area contributed by atoms with Gasteiger partial charge in [-0.1, -0.05) is 11.3 Å². The van der Waals surface area contributed by atoms with Gasteiger partial charge in [-0.15, -0.1) is 5.10 Å². The van der Waals surface area contributed by atoms with Gasteiger partial charge >= 0.3 is 0 Å². The van der Waals surface area contributed by atoms with Crippen molar-refractivity contribution in [3.05, 3.63) is 40.8 Å². The summed E-state index contributed by atoms with van der Waals surface area (Å²) in [5, 5.41) is 8.83. The summed E-state index contributed by atoms with van der Waals surface area (Å²) in [7, 11) is 3.30. The minimum absolute atomic E-state index is 0.147. The molecule has 142 valence electrons. The maximum absolute atomic E-state index is 11.9. The van der Waals surface area contributed by atoms with Crippen LogP contribution in [0.1, 0.15) is 12.8 Å². The predicted molar refractivity (Wildman–Crippen MR) is 106 cm³/mol. The van der Waals surface area contributed by atoms with Crippen LogP contribution in [0, 0.1) is 0 Å². The second-order valence-electron chi connectivity index (χ2n) is 6.37. The number of nitrogens with zero attached hydrogens (tertiary/aromatic N) is 4. The highest BCUT2D eigenvalue weighted by Crippen LogP contribution is 2.29. The molecule has 1 fully saturated rings. The van der Waals surface area contributed by atoms with Crippen molar-refractivity contribution in [2.45, 2.75) is 18.9 Å². The van der Waals surface area contributed by atoms with E-state index in [1.807, 2.05) is 18.2 Å². The monoisotopic (exact) mass is 387 g/mol. The number of benzene rings is 1. The molecule has 0 amide bonds. The molecule has 4 rings (SSSR count). The number of hydrogen-bond donors (Lipinski definition) is 1. The first-order valence-electron chi connectivity index (χ1n) is 8.76. The first-order chi connectivity index (χ1) is 13.2. The third-order valence-corrected chi connectivity index (χ3v) is 5.63. The van der Waals surface area contributed by atoms with Crippen LogP contribution in [0.3, 0.4) is 0 Å². The van der Waals surface area contributed by atoms with Gasteiger partial charge in [0.05, 0.1) is 14.2 Å². The number of fused-ring (bicyclic) bond motifs is 1. The highest BCUT2D eigenvalue weighted by Gasteiger charge is 2.22. The standard InChI is InChI=1S/C18H21N5O3S/c1-25-14-9-13(10-15(11-14)26-2)20-12-4-7-22(8-5-12)18-21-23-16(24)3-6-19-17(23)27-18/h3,6,9-12,20H,4-5,7-8H2,1-2H3. The zero-order chi connectivity index (χ0) is 18.8. The fourth-order valence-corrected chi connectivity index (χ4v) is 4.13. The molecule has 9 heteroatoms. The second kappa shape index (κ2) is 7.43. The Balaban J connectivity index is 1.43. The Morgan fingerprint density at radius 1 is 1.15 bits per heavy atom. The summed E-state index contributed by atoms with van der Waals surface area (Å²) in [6, 6.07) is 7.58. The fraction of sp³-hybridized carbons (Fsp3) is 0.389. The van der Waals surface area contributed by atoms with Crippen molar-refractivity contribution in [2.75, 3.05) is 37.5 Å². The summed E-state index contributed by atoms with van der Waals surface area (Å²) in [4.78, 5) is 18.9. The van der Waals surface area contributed by atoms with E-state index in [1.54, 1.807) is 14.2 Å². The number of nitrogens with one attached hydrogen (secondary N) is 1. The van der Waals surface area contributed by atoms with Crippen LogP contribution >= 0.6 is 11.3 Å². The number of hydrogen-bond acceptors (Lipinski definition) is 8. The average molecular weight is 387 g/mol. The molecule has 8 nitrogen and oxygen atoms in total. The number of rotatable bonds is 5. The van der Waals surface area contributed by atoms with Crippen LogP contribution in [-0.4, -0.2) is 47.9 Å². The maximum Gasteiger partial charge on any atom is 0.275 e. The molecule has 1 N–H and O–H groups in total. The lowest BCUT2D eigenvalue weighted by Gasteiger charge is -2.32. The maximum atomic E-state index is 11.9. The molecular weight excluding hydrogens is 366 g/mol. The van der Waals surface area contributed by atoms with Gasteiger partial charge in [0, 0.05) is 55.3 Å². The number of ether oxygens (including phenoxy) is 2. The van der Waals surface area contributed by atoms with Crippen LogP contribution in [0.5, 0.6) is 11.5 Å². The molecule has 1 aliphatic rings. The SMILES string of the molecule is COc1cc(NC2CCN(c3nn4c(=O)ccnc4s3)CC2)cc(OC)c1. The molecule has 0 unspecified atom stereocenters. The lowest BCUT2D eigenvalue weighted by atomic mass is 10.0. The first kappa shape index (κ1) is 17.6. The minimum Gasteiger partial charge on any atom is -0.497 e. The van der Waals surface area contributed by atoms with Crippen LogP contribution in [0.2, 0.25) is 0 Å². The van der Waals surface area contributed by atoms with Gasteiger partial charge in [0.25, 0.3) is 5.56 Å². The number of aromatic nitrogens is 3. The van der Waals surface area contributed by atoms with E-state index in [9.17, 15) is 4.79 Å². The molecule has 0 atom stereocenters. The number of anilines is 2. The van der Waals surface area contributed by atoms with Gasteiger partial charge in [-0.05, 0) is 12.8 Å².